The summed E-state index contributed by atoms with van der Waals surface area (Å²) in [6, 6.07) is 0.611. The molecule has 0 saturated heterocycles. The molecule has 3 atom stereocenters. The normalized spacial score (nSPS) is 24.2. The van der Waals surface area contributed by atoms with Gasteiger partial charge < -0.3 is 15.2 Å². The van der Waals surface area contributed by atoms with Crippen molar-refractivity contribution in [3.63, 3.8) is 0 Å². The fourth-order valence-electron chi connectivity index (χ4n) is 1.90. The lowest BCUT2D eigenvalue weighted by Crippen LogP contribution is -2.32. The molecule has 1 heterocycles. The summed E-state index contributed by atoms with van der Waals surface area (Å²) < 4.78 is 5.49. The number of ether oxygens (including phenoxy) is 1. The van der Waals surface area contributed by atoms with Gasteiger partial charge in [0, 0.05) is 23.9 Å². The third kappa shape index (κ3) is 4.31. The van der Waals surface area contributed by atoms with E-state index in [1.165, 1.54) is 11.3 Å². The van der Waals surface area contributed by atoms with E-state index in [0.29, 0.717) is 25.8 Å². The molecule has 1 aromatic heterocycles. The average Bonchev–Trinajstić information content (AvgIpc) is 2.90. The van der Waals surface area contributed by atoms with Crippen LogP contribution in [0.4, 0.5) is 0 Å². The van der Waals surface area contributed by atoms with Gasteiger partial charge in [0.2, 0.25) is 0 Å². The Kier molecular flexibility index (Phi) is 5.12. The molecule has 0 spiro atoms. The van der Waals surface area contributed by atoms with Crippen molar-refractivity contribution >= 4 is 11.3 Å². The maximum Gasteiger partial charge on any atom is 0.0897 e. The number of aromatic nitrogens is 1. The number of hydrogen-bond donors (Lipinski definition) is 2. The molecule has 5 heteroatoms. The fraction of sp³-hybridized carbons (Fsp3) is 0.769. The van der Waals surface area contributed by atoms with Gasteiger partial charge in [0.1, 0.15) is 0 Å². The Balaban J connectivity index is 1.51. The lowest BCUT2D eigenvalue weighted by molar-refractivity contribution is 0.0382. The molecule has 1 aromatic rings. The first-order valence-electron chi connectivity index (χ1n) is 6.55. The van der Waals surface area contributed by atoms with Gasteiger partial charge in [0.05, 0.1) is 30.5 Å². The van der Waals surface area contributed by atoms with Gasteiger partial charge in [-0.05, 0) is 19.3 Å². The Morgan fingerprint density at radius 2 is 2.44 bits per heavy atom. The van der Waals surface area contributed by atoms with Crippen LogP contribution in [0.5, 0.6) is 0 Å². The van der Waals surface area contributed by atoms with Gasteiger partial charge in [-0.2, -0.15) is 0 Å². The summed E-state index contributed by atoms with van der Waals surface area (Å²) in [6.45, 7) is 5.93. The summed E-state index contributed by atoms with van der Waals surface area (Å²) in [5, 5.41) is 13.1. The van der Waals surface area contributed by atoms with Crippen molar-refractivity contribution in [2.75, 3.05) is 19.8 Å². The molecule has 0 amide bonds. The number of aliphatic hydroxyl groups is 1. The van der Waals surface area contributed by atoms with Gasteiger partial charge >= 0.3 is 0 Å². The minimum atomic E-state index is -0.402. The van der Waals surface area contributed by atoms with E-state index >= 15 is 0 Å². The molecule has 102 valence electrons. The first-order valence-corrected chi connectivity index (χ1v) is 7.43. The molecule has 1 fully saturated rings. The topological polar surface area (TPSA) is 54.4 Å². The molecule has 2 N–H and O–H groups in total. The average molecular weight is 270 g/mol. The third-order valence-electron chi connectivity index (χ3n) is 3.35. The zero-order valence-electron chi connectivity index (χ0n) is 11.1. The maximum absolute atomic E-state index is 9.73. The van der Waals surface area contributed by atoms with E-state index in [1.807, 2.05) is 12.4 Å². The predicted molar refractivity (Wildman–Crippen MR) is 73.0 cm³/mol. The Morgan fingerprint density at radius 3 is 3.06 bits per heavy atom. The molecular formula is C13H22N2O2S. The van der Waals surface area contributed by atoms with E-state index in [0.717, 1.165) is 18.0 Å². The molecule has 1 saturated carbocycles. The van der Waals surface area contributed by atoms with Crippen LogP contribution in [-0.2, 0) is 11.2 Å². The van der Waals surface area contributed by atoms with Crippen LogP contribution in [0.2, 0.25) is 0 Å². The van der Waals surface area contributed by atoms with Crippen molar-refractivity contribution < 1.29 is 9.84 Å². The lowest BCUT2D eigenvalue weighted by Gasteiger charge is -2.12. The Morgan fingerprint density at radius 1 is 1.67 bits per heavy atom. The molecule has 18 heavy (non-hydrogen) atoms. The molecule has 2 rings (SSSR count). The van der Waals surface area contributed by atoms with E-state index in [-0.39, 0.29) is 0 Å². The van der Waals surface area contributed by atoms with Crippen molar-refractivity contribution in [3.8, 4) is 0 Å². The zero-order valence-corrected chi connectivity index (χ0v) is 11.9. The van der Waals surface area contributed by atoms with Gasteiger partial charge in [-0.15, -0.1) is 11.3 Å². The number of nitrogens with zero attached hydrogens (tertiary/aromatic N) is 1. The molecule has 0 radical (unpaired) electrons. The van der Waals surface area contributed by atoms with E-state index in [1.54, 1.807) is 11.3 Å². The standard InChI is InChI=1S/C13H22N2O2S/c1-9-5-12(9)14-6-11(16)7-17-4-3-13-10(2)15-8-18-13/h8-9,11-12,14,16H,3-7H2,1-2H3. The molecule has 1 aliphatic rings. The van der Waals surface area contributed by atoms with Crippen LogP contribution in [-0.4, -0.2) is 42.0 Å². The number of nitrogens with one attached hydrogen (secondary N) is 1. The molecule has 0 aromatic carbocycles. The Hall–Kier alpha value is -0.490. The Labute approximate surface area is 112 Å². The van der Waals surface area contributed by atoms with E-state index < -0.39 is 6.10 Å². The second-order valence-electron chi connectivity index (χ2n) is 5.07. The molecule has 0 aliphatic heterocycles. The van der Waals surface area contributed by atoms with Crippen LogP contribution in [0.3, 0.4) is 0 Å². The van der Waals surface area contributed by atoms with Crippen LogP contribution in [0.15, 0.2) is 5.51 Å². The highest BCUT2D eigenvalue weighted by molar-refractivity contribution is 7.09. The number of aliphatic hydroxyl groups excluding tert-OH is 1. The molecular weight excluding hydrogens is 248 g/mol. The molecule has 1 aliphatic carbocycles. The lowest BCUT2D eigenvalue weighted by atomic mass is 10.3. The SMILES string of the molecule is Cc1ncsc1CCOCC(O)CNC1CC1C. The molecule has 3 unspecified atom stereocenters. The van der Waals surface area contributed by atoms with Crippen LogP contribution in [0.1, 0.15) is 23.9 Å². The monoisotopic (exact) mass is 270 g/mol. The van der Waals surface area contributed by atoms with Crippen LogP contribution in [0.25, 0.3) is 0 Å². The summed E-state index contributed by atoms with van der Waals surface area (Å²) in [7, 11) is 0. The van der Waals surface area contributed by atoms with Crippen LogP contribution >= 0.6 is 11.3 Å². The molecule has 0 bridgehead atoms. The number of thiazole rings is 1. The van der Waals surface area contributed by atoms with Crippen LogP contribution in [0, 0.1) is 12.8 Å². The van der Waals surface area contributed by atoms with E-state index in [9.17, 15) is 5.11 Å². The van der Waals surface area contributed by atoms with Crippen molar-refractivity contribution in [3.05, 3.63) is 16.1 Å². The fourth-order valence-corrected chi connectivity index (χ4v) is 2.67. The Bertz CT molecular complexity index is 370. The second-order valence-corrected chi connectivity index (χ2v) is 6.01. The summed E-state index contributed by atoms with van der Waals surface area (Å²) >= 11 is 1.67. The highest BCUT2D eigenvalue weighted by Crippen LogP contribution is 2.28. The largest absolute Gasteiger partial charge is 0.389 e. The summed E-state index contributed by atoms with van der Waals surface area (Å²) in [5.41, 5.74) is 2.95. The number of hydrogen-bond acceptors (Lipinski definition) is 5. The number of aryl methyl sites for hydroxylation is 1. The third-order valence-corrected chi connectivity index (χ3v) is 4.35. The highest BCUT2D eigenvalue weighted by Gasteiger charge is 2.32. The van der Waals surface area contributed by atoms with E-state index in [4.69, 9.17) is 4.74 Å². The summed E-state index contributed by atoms with van der Waals surface area (Å²) in [6.07, 6.45) is 1.72. The number of rotatable bonds is 8. The first-order chi connectivity index (χ1) is 8.66. The zero-order chi connectivity index (χ0) is 13.0. The highest BCUT2D eigenvalue weighted by atomic mass is 32.1. The van der Waals surface area contributed by atoms with Gasteiger partial charge in [-0.25, -0.2) is 4.98 Å². The quantitative estimate of drug-likeness (QED) is 0.701. The van der Waals surface area contributed by atoms with Gasteiger partial charge in [-0.3, -0.25) is 0 Å². The predicted octanol–water partition coefficient (Wildman–Crippen LogP) is 1.37. The van der Waals surface area contributed by atoms with Crippen molar-refractivity contribution in [1.82, 2.24) is 10.3 Å². The van der Waals surface area contributed by atoms with Gasteiger partial charge in [0.25, 0.3) is 0 Å². The van der Waals surface area contributed by atoms with E-state index in [2.05, 4.69) is 17.2 Å². The maximum atomic E-state index is 9.73. The first kappa shape index (κ1) is 13.9. The summed E-state index contributed by atoms with van der Waals surface area (Å²) in [5.74, 6) is 0.771. The van der Waals surface area contributed by atoms with Crippen molar-refractivity contribution in [2.45, 2.75) is 38.8 Å². The smallest absolute Gasteiger partial charge is 0.0897 e. The summed E-state index contributed by atoms with van der Waals surface area (Å²) in [4.78, 5) is 5.47. The van der Waals surface area contributed by atoms with Crippen molar-refractivity contribution in [1.29, 1.82) is 0 Å². The minimum Gasteiger partial charge on any atom is -0.389 e. The second kappa shape index (κ2) is 6.61. The van der Waals surface area contributed by atoms with Gasteiger partial charge in [0.15, 0.2) is 0 Å². The minimum absolute atomic E-state index is 0.402. The van der Waals surface area contributed by atoms with Crippen LogP contribution < -0.4 is 5.32 Å². The molecule has 4 nitrogen and oxygen atoms in total. The van der Waals surface area contributed by atoms with Gasteiger partial charge in [-0.1, -0.05) is 6.92 Å². The van der Waals surface area contributed by atoms with Crippen molar-refractivity contribution in [2.24, 2.45) is 5.92 Å².